The molecule has 2 radical (unpaired) electrons. The second kappa shape index (κ2) is 12.2. The molecule has 37 heavy (non-hydrogen) atoms. The molecule has 0 unspecified atom stereocenters. The number of hydrogen-bond acceptors (Lipinski definition) is 6. The molecule has 1 aliphatic rings. The Bertz CT molecular complexity index is 1270. The first-order valence-corrected chi connectivity index (χ1v) is 13.0. The molecule has 3 N–H and O–H groups in total. The van der Waals surface area contributed by atoms with Gasteiger partial charge in [0, 0.05) is 50.1 Å². The minimum absolute atomic E-state index is 0.255. The van der Waals surface area contributed by atoms with Crippen LogP contribution in [0.25, 0.3) is 11.0 Å². The first-order valence-electron chi connectivity index (χ1n) is 13.0. The van der Waals surface area contributed by atoms with Crippen LogP contribution in [0.1, 0.15) is 55.5 Å². The van der Waals surface area contributed by atoms with Crippen molar-refractivity contribution in [3.05, 3.63) is 46.8 Å². The molecule has 0 aliphatic carbocycles. The Balaban J connectivity index is 1.45. The van der Waals surface area contributed by atoms with E-state index in [9.17, 15) is 9.59 Å². The van der Waals surface area contributed by atoms with Gasteiger partial charge in [0.25, 0.3) is 0 Å². The lowest BCUT2D eigenvalue weighted by Crippen LogP contribution is -2.32. The fourth-order valence-electron chi connectivity index (χ4n) is 4.56. The first-order chi connectivity index (χ1) is 17.9. The first kappa shape index (κ1) is 26.7. The number of benzene rings is 1. The number of carbonyl (C=O) groups is 2. The van der Waals surface area contributed by atoms with Gasteiger partial charge in [-0.2, -0.15) is 5.10 Å². The van der Waals surface area contributed by atoms with Gasteiger partial charge in [-0.05, 0) is 38.7 Å². The summed E-state index contributed by atoms with van der Waals surface area (Å²) in [6, 6.07) is 5.93. The van der Waals surface area contributed by atoms with Crippen molar-refractivity contribution in [1.82, 2.24) is 25.4 Å². The summed E-state index contributed by atoms with van der Waals surface area (Å²) < 4.78 is 7.41. The van der Waals surface area contributed by atoms with Crippen LogP contribution in [0.2, 0.25) is 0 Å². The van der Waals surface area contributed by atoms with E-state index in [0.717, 1.165) is 71.7 Å². The van der Waals surface area contributed by atoms with Crippen molar-refractivity contribution < 1.29 is 14.3 Å². The molecule has 1 fully saturated rings. The molecule has 9 nitrogen and oxygen atoms in total. The normalized spacial score (nSPS) is 14.0. The molecule has 4 rings (SSSR count). The summed E-state index contributed by atoms with van der Waals surface area (Å²) in [5.74, 6) is -0.685. The number of aryl methyl sites for hydroxylation is 3. The van der Waals surface area contributed by atoms with E-state index >= 15 is 0 Å². The second-order valence-electron chi connectivity index (χ2n) is 9.42. The van der Waals surface area contributed by atoms with Crippen LogP contribution < -0.4 is 21.4 Å². The van der Waals surface area contributed by atoms with Gasteiger partial charge in [0.05, 0.1) is 17.3 Å². The summed E-state index contributed by atoms with van der Waals surface area (Å²) in [5.41, 5.74) is 6.17. The third kappa shape index (κ3) is 6.49. The van der Waals surface area contributed by atoms with Crippen LogP contribution in [0.4, 0.5) is 5.69 Å². The molecule has 3 heterocycles. The quantitative estimate of drug-likeness (QED) is 0.289. The van der Waals surface area contributed by atoms with Crippen LogP contribution in [-0.4, -0.2) is 53.7 Å². The Morgan fingerprint density at radius 2 is 1.86 bits per heavy atom. The minimum atomic E-state index is -0.343. The van der Waals surface area contributed by atoms with Gasteiger partial charge in [0.15, 0.2) is 5.65 Å². The predicted molar refractivity (Wildman–Crippen MR) is 145 cm³/mol. The van der Waals surface area contributed by atoms with Crippen LogP contribution in [0.15, 0.2) is 24.4 Å². The average Bonchev–Trinajstić information content (AvgIpc) is 3.32. The zero-order chi connectivity index (χ0) is 26.4. The minimum Gasteiger partial charge on any atom is -0.381 e. The Kier molecular flexibility index (Phi) is 8.81. The maximum atomic E-state index is 12.7. The summed E-state index contributed by atoms with van der Waals surface area (Å²) in [6.07, 6.45) is 4.11. The van der Waals surface area contributed by atoms with Crippen LogP contribution in [-0.2, 0) is 40.4 Å². The third-order valence-electron chi connectivity index (χ3n) is 6.79. The number of ether oxygens (including phenoxy) is 1. The van der Waals surface area contributed by atoms with Gasteiger partial charge in [-0.25, -0.2) is 9.67 Å². The van der Waals surface area contributed by atoms with Crippen molar-refractivity contribution >= 4 is 41.8 Å². The lowest BCUT2D eigenvalue weighted by molar-refractivity contribution is -0.129. The van der Waals surface area contributed by atoms with Crippen LogP contribution in [0.5, 0.6) is 0 Å². The van der Waals surface area contributed by atoms with E-state index in [-0.39, 0.29) is 30.8 Å². The maximum absolute atomic E-state index is 12.7. The van der Waals surface area contributed by atoms with Crippen molar-refractivity contribution in [2.45, 2.75) is 72.1 Å². The van der Waals surface area contributed by atoms with E-state index in [1.807, 2.05) is 42.9 Å². The van der Waals surface area contributed by atoms with Gasteiger partial charge < -0.3 is 20.7 Å². The van der Waals surface area contributed by atoms with Crippen LogP contribution in [0, 0.1) is 6.92 Å². The molecule has 3 aromatic rings. The molecular weight excluding hydrogens is 467 g/mol. The molecule has 0 spiro atoms. The molecule has 2 amide bonds. The highest BCUT2D eigenvalue weighted by atomic mass is 16.5. The van der Waals surface area contributed by atoms with Crippen molar-refractivity contribution in [3.63, 3.8) is 0 Å². The average molecular weight is 502 g/mol. The van der Waals surface area contributed by atoms with Gasteiger partial charge in [0.1, 0.15) is 14.3 Å². The highest BCUT2D eigenvalue weighted by Gasteiger charge is 2.22. The Hall–Kier alpha value is -3.40. The number of amides is 2. The third-order valence-corrected chi connectivity index (χ3v) is 6.79. The summed E-state index contributed by atoms with van der Waals surface area (Å²) >= 11 is 0. The molecule has 0 bridgehead atoms. The smallest absolute Gasteiger partial charge is 0.229 e. The van der Waals surface area contributed by atoms with Crippen molar-refractivity contribution in [2.24, 2.45) is 0 Å². The fourth-order valence-corrected chi connectivity index (χ4v) is 4.56. The highest BCUT2D eigenvalue weighted by Crippen LogP contribution is 2.31. The lowest BCUT2D eigenvalue weighted by atomic mass is 9.89. The predicted octanol–water partition coefficient (Wildman–Crippen LogP) is 2.03. The van der Waals surface area contributed by atoms with Gasteiger partial charge in [-0.15, -0.1) is 0 Å². The summed E-state index contributed by atoms with van der Waals surface area (Å²) in [7, 11) is 5.94. The molecule has 1 aromatic carbocycles. The number of nitrogens with one attached hydrogen (secondary N) is 3. The van der Waals surface area contributed by atoms with E-state index in [0.29, 0.717) is 18.4 Å². The number of nitrogens with zero attached hydrogens (tertiary/aromatic N) is 3. The zero-order valence-electron chi connectivity index (χ0n) is 21.9. The summed E-state index contributed by atoms with van der Waals surface area (Å²) in [5, 5.41) is 14.9. The van der Waals surface area contributed by atoms with Gasteiger partial charge in [-0.3, -0.25) is 9.59 Å². The topological polar surface area (TPSA) is 110 Å². The molecule has 10 heteroatoms. The molecule has 0 saturated carbocycles. The number of fused-ring (bicyclic) bond motifs is 1. The molecule has 1 aliphatic heterocycles. The second-order valence-corrected chi connectivity index (χ2v) is 9.42. The number of carbonyl (C=O) groups excluding carboxylic acids is 2. The number of aromatic nitrogens is 3. The van der Waals surface area contributed by atoms with Gasteiger partial charge >= 0.3 is 0 Å². The standard InChI is InChI=1S/C27H35BN6O3/c1-4-23-20(15-30-25(36)13-24(35)29-14-18-7-6-17(3)22(28)12-18)26(32-19-8-10-37-11-9-19)21-16-31-34(5-2)27(21)33-23/h6-7,12,16,19H,4-5,8-11,13-15H2,1-3H3,(H,29,35)(H,30,36)(H,32,33). The fraction of sp³-hybridized carbons (Fsp3) is 0.481. The SMILES string of the molecule is [B]c1cc(CNC(=O)CC(=O)NCc2c(CC)nc3c(cnn3CC)c2NC2CCOCC2)ccc1C. The summed E-state index contributed by atoms with van der Waals surface area (Å²) in [4.78, 5) is 30.0. The summed E-state index contributed by atoms with van der Waals surface area (Å²) in [6.45, 7) is 8.77. The maximum Gasteiger partial charge on any atom is 0.229 e. The zero-order valence-corrected chi connectivity index (χ0v) is 21.9. The van der Waals surface area contributed by atoms with E-state index in [1.165, 1.54) is 0 Å². The van der Waals surface area contributed by atoms with Crippen LogP contribution in [0.3, 0.4) is 0 Å². The van der Waals surface area contributed by atoms with E-state index < -0.39 is 0 Å². The Morgan fingerprint density at radius 1 is 1.14 bits per heavy atom. The van der Waals surface area contributed by atoms with Gasteiger partial charge in [0.2, 0.25) is 11.8 Å². The number of hydrogen-bond donors (Lipinski definition) is 3. The molecule has 2 aromatic heterocycles. The lowest BCUT2D eigenvalue weighted by Gasteiger charge is -2.26. The molecule has 1 saturated heterocycles. The van der Waals surface area contributed by atoms with E-state index in [2.05, 4.69) is 28.0 Å². The number of anilines is 1. The number of rotatable bonds is 10. The van der Waals surface area contributed by atoms with Crippen molar-refractivity contribution in [2.75, 3.05) is 18.5 Å². The van der Waals surface area contributed by atoms with E-state index in [1.54, 1.807) is 0 Å². The molecular formula is C27H35BN6O3. The largest absolute Gasteiger partial charge is 0.381 e. The molecule has 0 atom stereocenters. The Labute approximate surface area is 219 Å². The van der Waals surface area contributed by atoms with Crippen LogP contribution >= 0.6 is 0 Å². The van der Waals surface area contributed by atoms with Crippen molar-refractivity contribution in [1.29, 1.82) is 0 Å². The number of pyridine rings is 1. The van der Waals surface area contributed by atoms with E-state index in [4.69, 9.17) is 17.6 Å². The monoisotopic (exact) mass is 502 g/mol. The van der Waals surface area contributed by atoms with Crippen molar-refractivity contribution in [3.8, 4) is 0 Å². The Morgan fingerprint density at radius 3 is 2.54 bits per heavy atom. The highest BCUT2D eigenvalue weighted by molar-refractivity contribution is 6.33. The molecule has 194 valence electrons. The van der Waals surface area contributed by atoms with Gasteiger partial charge in [-0.1, -0.05) is 36.1 Å².